The molecule has 0 aliphatic carbocycles. The van der Waals surface area contributed by atoms with Gasteiger partial charge >= 0.3 is 74.8 Å². The maximum Gasteiger partial charge on any atom is 1.00 e. The van der Waals surface area contributed by atoms with E-state index in [9.17, 15) is 38.1 Å². The molecule has 6 N–H and O–H groups in total. The first-order valence-electron chi connectivity index (χ1n) is 44.6. The number of ether oxygens (including phenoxy) is 2. The van der Waals surface area contributed by atoms with Crippen LogP contribution in [0, 0.1) is 11.8 Å². The van der Waals surface area contributed by atoms with Crippen LogP contribution in [0.5, 0.6) is 0 Å². The zero-order chi connectivity index (χ0) is 76.9. The molecule has 0 bridgehead atoms. The van der Waals surface area contributed by atoms with Gasteiger partial charge in [0, 0.05) is 39.1 Å². The van der Waals surface area contributed by atoms with E-state index in [0.29, 0.717) is 37.9 Å². The summed E-state index contributed by atoms with van der Waals surface area (Å²) in [5, 5.41) is 11.0. The molecule has 0 rings (SSSR count). The van der Waals surface area contributed by atoms with Gasteiger partial charge in [-0.25, -0.2) is 9.13 Å². The molecule has 0 aromatic carbocycles. The van der Waals surface area contributed by atoms with Gasteiger partial charge in [0.1, 0.15) is 6.42 Å². The maximum absolute atomic E-state index is 13.3. The molecule has 0 aliphatic heterocycles. The molecule has 0 aromatic heterocycles. The van der Waals surface area contributed by atoms with E-state index in [4.69, 9.17) is 27.6 Å². The van der Waals surface area contributed by atoms with Gasteiger partial charge in [0.2, 0.25) is 23.6 Å². The van der Waals surface area contributed by atoms with Gasteiger partial charge < -0.3 is 43.4 Å². The van der Waals surface area contributed by atoms with Crippen LogP contribution in [0.2, 0.25) is 0 Å². The summed E-state index contributed by atoms with van der Waals surface area (Å²) in [7, 11) is -9.30. The molecule has 2 unspecified atom stereocenters. The second-order valence-corrected chi connectivity index (χ2v) is 33.9. The van der Waals surface area contributed by atoms with Crippen molar-refractivity contribution in [3.8, 4) is 0 Å². The van der Waals surface area contributed by atoms with E-state index < -0.39 is 59.2 Å². The number of phosphoric acid groups is 2. The van der Waals surface area contributed by atoms with Gasteiger partial charge in [-0.2, -0.15) is 0 Å². The SMILES string of the molecule is CCCCCCCCCCCCCC(=O)N[C@H](COCC[C@H](CCCCCCC)CCCCCCCCCCCC)COP(=O)(O)OCCNC(=O)CC(=O)NCCOP(=O)(O)OC[C@@H](COCC[C@H](CCCCCCC)CCCCCCCCCCCC)NC(=O)CCCCCCCCCCCCC.[H-].[H-].[Na+].[Na+]. The fraction of sp³-hybridized carbons (Fsp3) is 0.953. The van der Waals surface area contributed by atoms with E-state index in [1.165, 1.54) is 308 Å². The molecule has 0 aliphatic rings. The first-order chi connectivity index (χ1) is 51.1. The minimum atomic E-state index is -4.65. The average molecular weight is 1580 g/mol. The van der Waals surface area contributed by atoms with Crippen molar-refractivity contribution in [1.82, 2.24) is 21.3 Å². The summed E-state index contributed by atoms with van der Waals surface area (Å²) in [6.45, 7) is 12.9. The van der Waals surface area contributed by atoms with Crippen molar-refractivity contribution in [2.24, 2.45) is 11.8 Å². The standard InChI is InChI=1S/C85H170N4O14P2.2Na.2H/c1-7-13-19-25-29-33-37-41-45-51-57-63-82(90)88-80(74-98-69-65-78(59-53-47-23-17-11-5)61-55-49-43-39-35-31-27-21-15-9-3)76-102-104(94,95)100-71-67-86-84(92)73-85(93)87-68-72-101-105(96,97)103-77-81(89-83(91)64-58-52-46-42-38-34-30-26-20-14-8-2)75-99-70-66-79(60-54-48-24-18-12-6)62-56-50-44-40-36-32-28-22-16-10-4;;;;/h78-81H,7-77H2,1-6H3,(H,86,92)(H,87,93)(H,88,90)(H,89,91)(H,94,95)(H,96,97);;;;/q;2*+1;2*-1/t78-,79-,80-,81-;;;;/m1..../s1. The van der Waals surface area contributed by atoms with Crippen LogP contribution in [0.15, 0.2) is 0 Å². The molecule has 0 radical (unpaired) electrons. The van der Waals surface area contributed by atoms with Crippen molar-refractivity contribution in [2.75, 3.05) is 65.9 Å². The number of phosphoric ester groups is 2. The Morgan fingerprint density at radius 1 is 0.290 bits per heavy atom. The number of carbonyl (C=O) groups excluding carboxylic acids is 4. The molecule has 4 amide bonds. The van der Waals surface area contributed by atoms with Gasteiger partial charge in [-0.05, 0) is 37.5 Å². The predicted octanol–water partition coefficient (Wildman–Crippen LogP) is 17.9. The van der Waals surface area contributed by atoms with Gasteiger partial charge in [0.25, 0.3) is 0 Å². The van der Waals surface area contributed by atoms with Crippen LogP contribution in [0.25, 0.3) is 0 Å². The Labute approximate surface area is 705 Å². The minimum Gasteiger partial charge on any atom is -1.00 e. The van der Waals surface area contributed by atoms with Crippen LogP contribution in [-0.4, -0.2) is 111 Å². The van der Waals surface area contributed by atoms with Crippen molar-refractivity contribution in [1.29, 1.82) is 0 Å². The number of hydrogen-bond donors (Lipinski definition) is 6. The zero-order valence-corrected chi connectivity index (χ0v) is 77.0. The fourth-order valence-corrected chi connectivity index (χ4v) is 15.4. The molecule has 0 heterocycles. The number of unbranched alkanes of at least 4 members (excludes halogenated alkanes) is 46. The van der Waals surface area contributed by atoms with E-state index in [1.807, 2.05) is 0 Å². The Morgan fingerprint density at radius 2 is 0.514 bits per heavy atom. The van der Waals surface area contributed by atoms with Crippen molar-refractivity contribution in [3.63, 3.8) is 0 Å². The topological polar surface area (TPSA) is 246 Å². The molecular formula is C85H172N4Na2O14P2. The normalized spacial score (nSPS) is 13.8. The third-order valence-electron chi connectivity index (χ3n) is 20.6. The van der Waals surface area contributed by atoms with Crippen molar-refractivity contribution >= 4 is 39.3 Å². The van der Waals surface area contributed by atoms with Crippen LogP contribution in [0.4, 0.5) is 0 Å². The van der Waals surface area contributed by atoms with Crippen LogP contribution < -0.4 is 80.4 Å². The third-order valence-corrected chi connectivity index (χ3v) is 22.6. The molecule has 18 nitrogen and oxygen atoms in total. The number of nitrogens with one attached hydrogen (secondary N) is 4. The van der Waals surface area contributed by atoms with Crippen LogP contribution >= 0.6 is 15.6 Å². The molecule has 6 atom stereocenters. The number of carbonyl (C=O) groups is 4. The first kappa shape index (κ1) is 111. The van der Waals surface area contributed by atoms with E-state index in [1.54, 1.807) is 0 Å². The van der Waals surface area contributed by atoms with Crippen LogP contribution in [0.3, 0.4) is 0 Å². The third kappa shape index (κ3) is 82.4. The number of hydrogen-bond acceptors (Lipinski definition) is 12. The number of amides is 4. The second kappa shape index (κ2) is 85.4. The second-order valence-electron chi connectivity index (χ2n) is 31.0. The minimum absolute atomic E-state index is 0. The summed E-state index contributed by atoms with van der Waals surface area (Å²) in [4.78, 5) is 73.5. The van der Waals surface area contributed by atoms with E-state index in [0.717, 1.165) is 64.2 Å². The van der Waals surface area contributed by atoms with E-state index in [2.05, 4.69) is 62.8 Å². The number of rotatable bonds is 86. The Hall–Kier alpha value is 0.0200. The van der Waals surface area contributed by atoms with Crippen molar-refractivity contribution < 1.29 is 128 Å². The maximum atomic E-state index is 13.3. The molecule has 107 heavy (non-hydrogen) atoms. The fourth-order valence-electron chi connectivity index (χ4n) is 13.9. The summed E-state index contributed by atoms with van der Waals surface area (Å²) in [5.74, 6) is -0.589. The largest absolute Gasteiger partial charge is 1.00 e. The zero-order valence-electron chi connectivity index (χ0n) is 73.2. The smallest absolute Gasteiger partial charge is 1.00 e. The Morgan fingerprint density at radius 3 is 0.757 bits per heavy atom. The van der Waals surface area contributed by atoms with Crippen molar-refractivity contribution in [3.05, 3.63) is 0 Å². The molecule has 628 valence electrons. The monoisotopic (exact) mass is 1580 g/mol. The summed E-state index contributed by atoms with van der Waals surface area (Å²) in [5.41, 5.74) is 0. The molecule has 0 fully saturated rings. The Balaban J connectivity index is -0.00000901. The van der Waals surface area contributed by atoms with Crippen molar-refractivity contribution in [2.45, 2.75) is 445 Å². The van der Waals surface area contributed by atoms with Gasteiger partial charge in [-0.15, -0.1) is 0 Å². The Kier molecular flexibility index (Phi) is 88.7. The van der Waals surface area contributed by atoms with Gasteiger partial charge in [-0.3, -0.25) is 37.3 Å². The molecule has 0 saturated heterocycles. The average Bonchev–Trinajstić information content (AvgIpc) is 0.925. The molecule has 0 saturated carbocycles. The van der Waals surface area contributed by atoms with Crippen LogP contribution in [-0.2, 0) is 55.9 Å². The molecular weight excluding hydrogens is 1410 g/mol. The Bertz CT molecular complexity index is 1910. The summed E-state index contributed by atoms with van der Waals surface area (Å²) in [6, 6.07) is -1.39. The predicted molar refractivity (Wildman–Crippen MR) is 440 cm³/mol. The quantitative estimate of drug-likeness (QED) is 0.0144. The van der Waals surface area contributed by atoms with Crippen LogP contribution in [0.1, 0.15) is 436 Å². The molecule has 0 aromatic rings. The first-order valence-corrected chi connectivity index (χ1v) is 47.6. The summed E-state index contributed by atoms with van der Waals surface area (Å²) in [6.07, 6.45) is 71.0. The van der Waals surface area contributed by atoms with E-state index in [-0.39, 0.29) is 113 Å². The summed E-state index contributed by atoms with van der Waals surface area (Å²) < 4.78 is 60.0. The summed E-state index contributed by atoms with van der Waals surface area (Å²) >= 11 is 0. The van der Waals surface area contributed by atoms with Gasteiger partial charge in [0.05, 0.1) is 51.7 Å². The molecule has 22 heteroatoms. The van der Waals surface area contributed by atoms with Gasteiger partial charge in [-0.1, -0.05) is 388 Å². The van der Waals surface area contributed by atoms with Gasteiger partial charge in [0.15, 0.2) is 0 Å². The van der Waals surface area contributed by atoms with E-state index >= 15 is 0 Å². The molecule has 0 spiro atoms.